The monoisotopic (exact) mass is 490 g/mol. The highest BCUT2D eigenvalue weighted by Crippen LogP contribution is 2.46. The van der Waals surface area contributed by atoms with Gasteiger partial charge in [-0.05, 0) is 31.4 Å². The Morgan fingerprint density at radius 1 is 1.17 bits per heavy atom. The van der Waals surface area contributed by atoms with Gasteiger partial charge in [0, 0.05) is 30.4 Å². The molecule has 0 saturated heterocycles. The molecule has 3 atom stereocenters. The third kappa shape index (κ3) is 3.86. The Balaban J connectivity index is 1.55. The number of hydrogen-bond acceptors (Lipinski definition) is 7. The van der Waals surface area contributed by atoms with E-state index in [0.29, 0.717) is 22.8 Å². The van der Waals surface area contributed by atoms with Crippen molar-refractivity contribution < 1.29 is 13.2 Å². The van der Waals surface area contributed by atoms with Gasteiger partial charge in [0.1, 0.15) is 28.8 Å². The zero-order valence-corrected chi connectivity index (χ0v) is 18.8. The molecule has 0 radical (unpaired) electrons. The van der Waals surface area contributed by atoms with Gasteiger partial charge in [-0.3, -0.25) is 9.78 Å². The third-order valence-corrected chi connectivity index (χ3v) is 6.41. The van der Waals surface area contributed by atoms with Crippen molar-refractivity contribution in [1.29, 1.82) is 5.26 Å². The highest BCUT2D eigenvalue weighted by Gasteiger charge is 2.38. The average Bonchev–Trinajstić information content (AvgIpc) is 3.22. The van der Waals surface area contributed by atoms with Crippen LogP contribution < -0.4 is 5.56 Å². The van der Waals surface area contributed by atoms with Gasteiger partial charge in [-0.2, -0.15) is 23.5 Å². The van der Waals surface area contributed by atoms with Gasteiger partial charge in [0.05, 0.1) is 11.6 Å². The van der Waals surface area contributed by atoms with Gasteiger partial charge in [-0.25, -0.2) is 19.6 Å². The first-order valence-corrected chi connectivity index (χ1v) is 11.0. The van der Waals surface area contributed by atoms with Crippen molar-refractivity contribution in [2.45, 2.75) is 43.8 Å². The van der Waals surface area contributed by atoms with E-state index in [0.717, 1.165) is 25.1 Å². The number of alkyl halides is 3. The molecule has 1 fully saturated rings. The van der Waals surface area contributed by atoms with E-state index in [9.17, 15) is 23.2 Å². The summed E-state index contributed by atoms with van der Waals surface area (Å²) in [5, 5.41) is 13.8. The standard InChI is InChI=1S/C24H17F3N8O/c1-3-13-9-30-20(31-10-13)15-5-6-16(15)21-32-22-19(23(36)33-21)17(8-28)34-35(22)12(2)14-4-7-18(29-11-14)24(25,26)27/h1,4,7,9-12,15-16H,5-6H2,2H3,(H,32,33,36)/t12-,15-,16-/m0/s1. The lowest BCUT2D eigenvalue weighted by molar-refractivity contribution is -0.141. The Hall–Kier alpha value is -4.58. The van der Waals surface area contributed by atoms with Crippen LogP contribution in [0.15, 0.2) is 35.5 Å². The van der Waals surface area contributed by atoms with Crippen molar-refractivity contribution in [1.82, 2.24) is 34.7 Å². The fourth-order valence-electron chi connectivity index (χ4n) is 4.29. The summed E-state index contributed by atoms with van der Waals surface area (Å²) in [6.07, 6.45) is 6.54. The number of fused-ring (bicyclic) bond motifs is 1. The number of hydrogen-bond donors (Lipinski definition) is 1. The maximum absolute atomic E-state index is 13.0. The number of halogens is 3. The van der Waals surface area contributed by atoms with E-state index in [2.05, 4.69) is 35.9 Å². The minimum atomic E-state index is -4.57. The van der Waals surface area contributed by atoms with E-state index < -0.39 is 23.5 Å². The summed E-state index contributed by atoms with van der Waals surface area (Å²) in [5.74, 6) is 3.20. The van der Waals surface area contributed by atoms with Gasteiger partial charge >= 0.3 is 6.18 Å². The van der Waals surface area contributed by atoms with Gasteiger partial charge < -0.3 is 4.98 Å². The summed E-state index contributed by atoms with van der Waals surface area (Å²) in [6, 6.07) is 3.41. The van der Waals surface area contributed by atoms with E-state index in [1.165, 1.54) is 10.7 Å². The fourth-order valence-corrected chi connectivity index (χ4v) is 4.29. The van der Waals surface area contributed by atoms with Crippen molar-refractivity contribution in [3.8, 4) is 18.4 Å². The first-order valence-electron chi connectivity index (χ1n) is 11.0. The molecule has 5 rings (SSSR count). The number of terminal acetylenes is 1. The molecule has 0 amide bonds. The SMILES string of the molecule is C#Cc1cnc([C@H]2CC[C@@H]2c2nc3c(c(C#N)nn3[C@@H](C)c3ccc(C(F)(F)F)nc3)c(=O)[nH]2)nc1. The van der Waals surface area contributed by atoms with E-state index in [1.807, 2.05) is 6.07 Å². The second-order valence-corrected chi connectivity index (χ2v) is 8.47. The van der Waals surface area contributed by atoms with Crippen LogP contribution in [-0.2, 0) is 6.18 Å². The minimum Gasteiger partial charge on any atom is -0.310 e. The van der Waals surface area contributed by atoms with Crippen LogP contribution in [0.25, 0.3) is 11.0 Å². The maximum Gasteiger partial charge on any atom is 0.433 e. The van der Waals surface area contributed by atoms with Crippen LogP contribution in [0.5, 0.6) is 0 Å². The Morgan fingerprint density at radius 2 is 1.89 bits per heavy atom. The molecule has 0 bridgehead atoms. The molecule has 0 aliphatic heterocycles. The van der Waals surface area contributed by atoms with Gasteiger partial charge in [0.2, 0.25) is 0 Å². The van der Waals surface area contributed by atoms with Gasteiger partial charge in [0.25, 0.3) is 5.56 Å². The number of aromatic nitrogens is 7. The van der Waals surface area contributed by atoms with Gasteiger partial charge in [0.15, 0.2) is 11.3 Å². The van der Waals surface area contributed by atoms with Crippen molar-refractivity contribution in [2.75, 3.05) is 0 Å². The molecule has 1 N–H and O–H groups in total. The lowest BCUT2D eigenvalue weighted by Gasteiger charge is -2.34. The molecule has 9 nitrogen and oxygen atoms in total. The molecule has 4 aromatic heterocycles. The first kappa shape index (κ1) is 23.2. The number of nitriles is 1. The molecular weight excluding hydrogens is 473 g/mol. The maximum atomic E-state index is 13.0. The Kier molecular flexibility index (Phi) is 5.52. The lowest BCUT2D eigenvalue weighted by atomic mass is 9.72. The Bertz CT molecular complexity index is 1590. The van der Waals surface area contributed by atoms with Crippen molar-refractivity contribution >= 4 is 11.0 Å². The summed E-state index contributed by atoms with van der Waals surface area (Å²) in [7, 11) is 0. The van der Waals surface area contributed by atoms with Crippen molar-refractivity contribution in [3.05, 3.63) is 75.2 Å². The summed E-state index contributed by atoms with van der Waals surface area (Å²) in [6.45, 7) is 1.67. The summed E-state index contributed by atoms with van der Waals surface area (Å²) < 4.78 is 40.1. The lowest BCUT2D eigenvalue weighted by Crippen LogP contribution is -2.28. The van der Waals surface area contributed by atoms with Crippen LogP contribution in [0.4, 0.5) is 13.2 Å². The predicted octanol–water partition coefficient (Wildman–Crippen LogP) is 3.45. The number of rotatable bonds is 4. The second-order valence-electron chi connectivity index (χ2n) is 8.47. The second kappa shape index (κ2) is 8.57. The molecule has 12 heteroatoms. The molecule has 1 saturated carbocycles. The third-order valence-electron chi connectivity index (χ3n) is 6.41. The number of nitrogens with zero attached hydrogens (tertiary/aromatic N) is 7. The molecule has 4 heterocycles. The normalized spacial score (nSPS) is 18.3. The molecule has 180 valence electrons. The fraction of sp³-hybridized carbons (Fsp3) is 0.292. The molecular formula is C24H17F3N8O. The van der Waals surface area contributed by atoms with Crippen LogP contribution in [0.1, 0.15) is 71.8 Å². The highest BCUT2D eigenvalue weighted by atomic mass is 19.4. The molecule has 1 aliphatic rings. The van der Waals surface area contributed by atoms with E-state index in [-0.39, 0.29) is 28.6 Å². The summed E-state index contributed by atoms with van der Waals surface area (Å²) in [4.78, 5) is 32.6. The first-order chi connectivity index (χ1) is 17.2. The van der Waals surface area contributed by atoms with Crippen LogP contribution in [0, 0.1) is 23.7 Å². The van der Waals surface area contributed by atoms with Crippen molar-refractivity contribution in [3.63, 3.8) is 0 Å². The largest absolute Gasteiger partial charge is 0.433 e. The quantitative estimate of drug-likeness (QED) is 0.434. The zero-order chi connectivity index (χ0) is 25.6. The predicted molar refractivity (Wildman–Crippen MR) is 121 cm³/mol. The molecule has 0 aromatic carbocycles. The van der Waals surface area contributed by atoms with Crippen molar-refractivity contribution in [2.24, 2.45) is 0 Å². The van der Waals surface area contributed by atoms with Crippen LogP contribution in [0.2, 0.25) is 0 Å². The van der Waals surface area contributed by atoms with E-state index >= 15 is 0 Å². The van der Waals surface area contributed by atoms with Crippen LogP contribution >= 0.6 is 0 Å². The van der Waals surface area contributed by atoms with Crippen LogP contribution in [0.3, 0.4) is 0 Å². The average molecular weight is 490 g/mol. The number of aromatic amines is 1. The number of pyridine rings is 1. The molecule has 0 unspecified atom stereocenters. The zero-order valence-electron chi connectivity index (χ0n) is 18.8. The number of nitrogens with one attached hydrogen (secondary N) is 1. The van der Waals surface area contributed by atoms with Gasteiger partial charge in [-0.1, -0.05) is 12.0 Å². The molecule has 0 spiro atoms. The smallest absolute Gasteiger partial charge is 0.310 e. The summed E-state index contributed by atoms with van der Waals surface area (Å²) >= 11 is 0. The molecule has 4 aromatic rings. The summed E-state index contributed by atoms with van der Waals surface area (Å²) in [5.41, 5.74) is -0.551. The molecule has 1 aliphatic carbocycles. The van der Waals surface area contributed by atoms with E-state index in [4.69, 9.17) is 6.42 Å². The Morgan fingerprint density at radius 3 is 2.44 bits per heavy atom. The number of H-pyrrole nitrogens is 1. The van der Waals surface area contributed by atoms with Crippen LogP contribution in [-0.4, -0.2) is 34.7 Å². The van der Waals surface area contributed by atoms with E-state index in [1.54, 1.807) is 19.3 Å². The molecule has 36 heavy (non-hydrogen) atoms. The minimum absolute atomic E-state index is 0.0125. The highest BCUT2D eigenvalue weighted by molar-refractivity contribution is 5.80. The Labute approximate surface area is 202 Å². The van der Waals surface area contributed by atoms with Gasteiger partial charge in [-0.15, -0.1) is 6.42 Å². The topological polar surface area (TPSA) is 126 Å².